The van der Waals surface area contributed by atoms with E-state index in [1.807, 2.05) is 0 Å². The van der Waals surface area contributed by atoms with Crippen LogP contribution >= 0.6 is 0 Å². The fourth-order valence-electron chi connectivity index (χ4n) is 2.14. The Bertz CT molecular complexity index is 432. The minimum atomic E-state index is -1.23. The number of anilines is 1. The number of rotatable bonds is 9. The molecule has 0 radical (unpaired) electrons. The van der Waals surface area contributed by atoms with Crippen LogP contribution in [0.15, 0.2) is 18.2 Å². The minimum Gasteiger partial charge on any atom is -0.478 e. The SMILES string of the molecule is CC(C)CCCCCCNc1cccc(F)c1C(=O)O. The molecule has 2 N–H and O–H groups in total. The predicted octanol–water partition coefficient (Wildman–Crippen LogP) is 4.54. The van der Waals surface area contributed by atoms with Crippen molar-refractivity contribution in [2.24, 2.45) is 5.92 Å². The lowest BCUT2D eigenvalue weighted by atomic mass is 10.0. The molecule has 0 amide bonds. The number of benzene rings is 1. The summed E-state index contributed by atoms with van der Waals surface area (Å²) in [5.74, 6) is -1.18. The largest absolute Gasteiger partial charge is 0.478 e. The van der Waals surface area contributed by atoms with Gasteiger partial charge in [0.15, 0.2) is 0 Å². The second-order valence-corrected chi connectivity index (χ2v) is 5.49. The molecule has 0 atom stereocenters. The molecule has 1 rings (SSSR count). The molecule has 0 fully saturated rings. The normalized spacial score (nSPS) is 10.8. The van der Waals surface area contributed by atoms with Crippen LogP contribution in [-0.4, -0.2) is 17.6 Å². The topological polar surface area (TPSA) is 49.3 Å². The highest BCUT2D eigenvalue weighted by atomic mass is 19.1. The lowest BCUT2D eigenvalue weighted by Gasteiger charge is -2.10. The van der Waals surface area contributed by atoms with Gasteiger partial charge in [0, 0.05) is 6.54 Å². The van der Waals surface area contributed by atoms with Gasteiger partial charge in [-0.15, -0.1) is 0 Å². The summed E-state index contributed by atoms with van der Waals surface area (Å²) in [6.45, 7) is 5.11. The Morgan fingerprint density at radius 3 is 2.60 bits per heavy atom. The molecule has 4 heteroatoms. The highest BCUT2D eigenvalue weighted by Crippen LogP contribution is 2.19. The van der Waals surface area contributed by atoms with Crippen molar-refractivity contribution >= 4 is 11.7 Å². The van der Waals surface area contributed by atoms with Gasteiger partial charge in [-0.3, -0.25) is 0 Å². The van der Waals surface area contributed by atoms with Crippen LogP contribution in [-0.2, 0) is 0 Å². The van der Waals surface area contributed by atoms with Crippen molar-refractivity contribution in [3.63, 3.8) is 0 Å². The molecule has 20 heavy (non-hydrogen) atoms. The minimum absolute atomic E-state index is 0.271. The van der Waals surface area contributed by atoms with Crippen LogP contribution in [0, 0.1) is 11.7 Å². The van der Waals surface area contributed by atoms with E-state index in [4.69, 9.17) is 5.11 Å². The van der Waals surface area contributed by atoms with Gasteiger partial charge in [0.2, 0.25) is 0 Å². The number of carboxylic acids is 1. The number of aromatic carboxylic acids is 1. The fraction of sp³-hybridized carbons (Fsp3) is 0.562. The molecule has 1 aromatic carbocycles. The van der Waals surface area contributed by atoms with Crippen molar-refractivity contribution in [1.29, 1.82) is 0 Å². The van der Waals surface area contributed by atoms with Crippen LogP contribution in [0.2, 0.25) is 0 Å². The summed E-state index contributed by atoms with van der Waals surface area (Å²) in [6.07, 6.45) is 5.75. The number of carboxylic acid groups (broad SMARTS) is 1. The molecule has 0 aliphatic rings. The van der Waals surface area contributed by atoms with Gasteiger partial charge in [0.25, 0.3) is 0 Å². The summed E-state index contributed by atoms with van der Waals surface area (Å²) < 4.78 is 13.4. The van der Waals surface area contributed by atoms with Gasteiger partial charge in [-0.25, -0.2) is 9.18 Å². The molecule has 112 valence electrons. The van der Waals surface area contributed by atoms with E-state index >= 15 is 0 Å². The second kappa shape index (κ2) is 8.56. The number of hydrogen-bond donors (Lipinski definition) is 2. The highest BCUT2D eigenvalue weighted by molar-refractivity contribution is 5.94. The number of unbranched alkanes of at least 4 members (excludes halogenated alkanes) is 3. The number of halogens is 1. The van der Waals surface area contributed by atoms with Crippen molar-refractivity contribution in [2.45, 2.75) is 46.0 Å². The summed E-state index contributed by atoms with van der Waals surface area (Å²) in [7, 11) is 0. The van der Waals surface area contributed by atoms with Gasteiger partial charge in [0.05, 0.1) is 5.69 Å². The Balaban J connectivity index is 2.32. The molecule has 0 heterocycles. The van der Waals surface area contributed by atoms with Gasteiger partial charge < -0.3 is 10.4 Å². The van der Waals surface area contributed by atoms with Crippen molar-refractivity contribution in [3.05, 3.63) is 29.6 Å². The Labute approximate surface area is 120 Å². The van der Waals surface area contributed by atoms with E-state index < -0.39 is 11.8 Å². The predicted molar refractivity (Wildman–Crippen MR) is 79.8 cm³/mol. The smallest absolute Gasteiger partial charge is 0.340 e. The zero-order chi connectivity index (χ0) is 15.0. The van der Waals surface area contributed by atoms with E-state index in [-0.39, 0.29) is 5.56 Å². The molecule has 0 saturated heterocycles. The maximum absolute atomic E-state index is 13.4. The van der Waals surface area contributed by atoms with Gasteiger partial charge in [0.1, 0.15) is 11.4 Å². The third kappa shape index (κ3) is 5.59. The van der Waals surface area contributed by atoms with E-state index in [1.165, 1.54) is 31.4 Å². The Morgan fingerprint density at radius 2 is 1.95 bits per heavy atom. The molecule has 0 saturated carbocycles. The van der Waals surface area contributed by atoms with Crippen molar-refractivity contribution in [1.82, 2.24) is 0 Å². The summed E-state index contributed by atoms with van der Waals surface area (Å²) >= 11 is 0. The van der Waals surface area contributed by atoms with Crippen LogP contribution in [0.4, 0.5) is 10.1 Å². The zero-order valence-corrected chi connectivity index (χ0v) is 12.3. The standard InChI is InChI=1S/C16H24FNO2/c1-12(2)8-5-3-4-6-11-18-14-10-7-9-13(17)15(14)16(19)20/h7,9-10,12,18H,3-6,8,11H2,1-2H3,(H,19,20). The Hall–Kier alpha value is -1.58. The third-order valence-electron chi connectivity index (χ3n) is 3.25. The molecule has 1 aromatic rings. The third-order valence-corrected chi connectivity index (χ3v) is 3.25. The Morgan fingerprint density at radius 1 is 1.25 bits per heavy atom. The van der Waals surface area contributed by atoms with Crippen LogP contribution in [0.1, 0.15) is 56.3 Å². The van der Waals surface area contributed by atoms with Gasteiger partial charge in [-0.2, -0.15) is 0 Å². The fourth-order valence-corrected chi connectivity index (χ4v) is 2.14. The molecule has 0 aliphatic carbocycles. The average Bonchev–Trinajstić information content (AvgIpc) is 2.36. The van der Waals surface area contributed by atoms with Crippen LogP contribution < -0.4 is 5.32 Å². The molecular weight excluding hydrogens is 257 g/mol. The lowest BCUT2D eigenvalue weighted by molar-refractivity contribution is 0.0693. The van der Waals surface area contributed by atoms with Crippen LogP contribution in [0.3, 0.4) is 0 Å². The van der Waals surface area contributed by atoms with E-state index in [2.05, 4.69) is 19.2 Å². The van der Waals surface area contributed by atoms with E-state index in [1.54, 1.807) is 6.07 Å². The molecule has 3 nitrogen and oxygen atoms in total. The first-order valence-corrected chi connectivity index (χ1v) is 7.28. The van der Waals surface area contributed by atoms with E-state index in [0.717, 1.165) is 18.8 Å². The van der Waals surface area contributed by atoms with Crippen LogP contribution in [0.25, 0.3) is 0 Å². The molecular formula is C16H24FNO2. The van der Waals surface area contributed by atoms with E-state index in [9.17, 15) is 9.18 Å². The first-order chi connectivity index (χ1) is 9.52. The van der Waals surface area contributed by atoms with Crippen molar-refractivity contribution in [2.75, 3.05) is 11.9 Å². The van der Waals surface area contributed by atoms with Crippen molar-refractivity contribution < 1.29 is 14.3 Å². The molecule has 0 aliphatic heterocycles. The second-order valence-electron chi connectivity index (χ2n) is 5.49. The summed E-state index contributed by atoms with van der Waals surface area (Å²) in [6, 6.07) is 4.29. The zero-order valence-electron chi connectivity index (χ0n) is 12.3. The van der Waals surface area contributed by atoms with Gasteiger partial charge in [-0.1, -0.05) is 45.6 Å². The quantitative estimate of drug-likeness (QED) is 0.653. The van der Waals surface area contributed by atoms with E-state index in [0.29, 0.717) is 12.2 Å². The van der Waals surface area contributed by atoms with Gasteiger partial charge >= 0.3 is 5.97 Å². The number of hydrogen-bond acceptors (Lipinski definition) is 2. The molecule has 0 spiro atoms. The summed E-state index contributed by atoms with van der Waals surface area (Å²) in [5, 5.41) is 12.0. The lowest BCUT2D eigenvalue weighted by Crippen LogP contribution is -2.09. The maximum atomic E-state index is 13.4. The Kier molecular flexibility index (Phi) is 7.05. The summed E-state index contributed by atoms with van der Waals surface area (Å²) in [4.78, 5) is 11.0. The average molecular weight is 281 g/mol. The van der Waals surface area contributed by atoms with Crippen molar-refractivity contribution in [3.8, 4) is 0 Å². The highest BCUT2D eigenvalue weighted by Gasteiger charge is 2.14. The number of carbonyl (C=O) groups is 1. The molecule has 0 aromatic heterocycles. The van der Waals surface area contributed by atoms with Gasteiger partial charge in [-0.05, 0) is 24.5 Å². The first kappa shape index (κ1) is 16.5. The van der Waals surface area contributed by atoms with Crippen LogP contribution in [0.5, 0.6) is 0 Å². The molecule has 0 bridgehead atoms. The maximum Gasteiger partial charge on any atom is 0.340 e. The molecule has 0 unspecified atom stereocenters. The number of nitrogens with one attached hydrogen (secondary N) is 1. The monoisotopic (exact) mass is 281 g/mol. The summed E-state index contributed by atoms with van der Waals surface area (Å²) in [5.41, 5.74) is 0.0898. The first-order valence-electron chi connectivity index (χ1n) is 7.28.